The lowest BCUT2D eigenvalue weighted by Gasteiger charge is -2.26. The minimum absolute atomic E-state index is 0.0123. The molecule has 0 radical (unpaired) electrons. The number of carbonyl (C=O) groups is 4. The SMILES string of the molecule is CC[C@H](C)[C@H](NC(=O)[C@H](Cc1ncc[nH]1)NC(=O)c1cccc(C(N)=O)c1)C(=O)Nc1ccc(O)c(-c2nc3ccccc3s2)c1. The van der Waals surface area contributed by atoms with Gasteiger partial charge in [0.1, 0.15) is 28.7 Å². The standard InChI is InChI=1S/C33H33N7O5S/c1-3-18(2)28(32(45)37-21-11-12-25(41)22(16-21)33-39-23-9-4-5-10-26(23)46-33)40-31(44)24(17-27-35-13-14-36-27)38-30(43)20-8-6-7-19(15-20)29(34)42/h4-16,18,24,28,41H,3,17H2,1-2H3,(H2,34,42)(H,35,36)(H,37,45)(H,38,43)(H,40,44)/t18-,24-,28-/m0/s1. The highest BCUT2D eigenvalue weighted by Crippen LogP contribution is 2.36. The van der Waals surface area contributed by atoms with Gasteiger partial charge in [0.25, 0.3) is 5.91 Å². The molecule has 13 heteroatoms. The van der Waals surface area contributed by atoms with Gasteiger partial charge < -0.3 is 31.8 Å². The topological polar surface area (TPSA) is 192 Å². The number of benzene rings is 3. The predicted molar refractivity (Wildman–Crippen MR) is 175 cm³/mol. The number of imidazole rings is 1. The zero-order valence-corrected chi connectivity index (χ0v) is 25.9. The molecule has 0 aliphatic heterocycles. The van der Waals surface area contributed by atoms with E-state index in [4.69, 9.17) is 5.73 Å². The van der Waals surface area contributed by atoms with E-state index in [9.17, 15) is 24.3 Å². The van der Waals surface area contributed by atoms with Crippen molar-refractivity contribution in [1.29, 1.82) is 0 Å². The molecule has 5 rings (SSSR count). The Morgan fingerprint density at radius 3 is 2.48 bits per heavy atom. The number of nitrogens with one attached hydrogen (secondary N) is 4. The number of aromatic amines is 1. The normalized spacial score (nSPS) is 13.0. The number of carbonyl (C=O) groups excluding carboxylic acids is 4. The van der Waals surface area contributed by atoms with E-state index in [1.54, 1.807) is 18.3 Å². The largest absolute Gasteiger partial charge is 0.507 e. The molecular formula is C33H33N7O5S. The highest BCUT2D eigenvalue weighted by molar-refractivity contribution is 7.21. The molecule has 0 fully saturated rings. The molecule has 0 spiro atoms. The number of rotatable bonds is 12. The number of primary amides is 1. The molecule has 2 heterocycles. The van der Waals surface area contributed by atoms with Gasteiger partial charge in [0.05, 0.1) is 15.8 Å². The summed E-state index contributed by atoms with van der Waals surface area (Å²) in [6.45, 7) is 3.74. The minimum Gasteiger partial charge on any atom is -0.507 e. The Balaban J connectivity index is 1.35. The third-order valence-corrected chi connectivity index (χ3v) is 8.63. The summed E-state index contributed by atoms with van der Waals surface area (Å²) in [6, 6.07) is 16.1. The molecule has 5 aromatic rings. The highest BCUT2D eigenvalue weighted by atomic mass is 32.1. The van der Waals surface area contributed by atoms with Crippen LogP contribution in [0.25, 0.3) is 20.8 Å². The van der Waals surface area contributed by atoms with Crippen LogP contribution in [0.1, 0.15) is 46.8 Å². The Labute approximate surface area is 268 Å². The first-order valence-corrected chi connectivity index (χ1v) is 15.4. The maximum atomic E-state index is 13.7. The molecule has 7 N–H and O–H groups in total. The van der Waals surface area contributed by atoms with Gasteiger partial charge >= 0.3 is 0 Å². The summed E-state index contributed by atoms with van der Waals surface area (Å²) in [5, 5.41) is 19.6. The quantitative estimate of drug-likeness (QED) is 0.111. The van der Waals surface area contributed by atoms with Crippen molar-refractivity contribution in [3.05, 3.63) is 96.1 Å². The third kappa shape index (κ3) is 7.38. The average molecular weight is 640 g/mol. The number of nitrogens with two attached hydrogens (primary N) is 1. The van der Waals surface area contributed by atoms with Gasteiger partial charge in [-0.1, -0.05) is 38.5 Å². The van der Waals surface area contributed by atoms with Crippen molar-refractivity contribution >= 4 is 50.9 Å². The Morgan fingerprint density at radius 2 is 1.76 bits per heavy atom. The van der Waals surface area contributed by atoms with Gasteiger partial charge in [-0.25, -0.2) is 9.97 Å². The zero-order valence-electron chi connectivity index (χ0n) is 25.1. The van der Waals surface area contributed by atoms with Crippen molar-refractivity contribution in [2.75, 3.05) is 5.32 Å². The van der Waals surface area contributed by atoms with Gasteiger partial charge in [-0.2, -0.15) is 0 Å². The molecule has 0 aliphatic rings. The lowest BCUT2D eigenvalue weighted by atomic mass is 9.97. The van der Waals surface area contributed by atoms with Gasteiger partial charge in [-0.3, -0.25) is 19.2 Å². The maximum absolute atomic E-state index is 13.7. The van der Waals surface area contributed by atoms with Crippen LogP contribution in [0.15, 0.2) is 79.1 Å². The van der Waals surface area contributed by atoms with Crippen LogP contribution in [0.3, 0.4) is 0 Å². The van der Waals surface area contributed by atoms with Crippen LogP contribution in [0.2, 0.25) is 0 Å². The van der Waals surface area contributed by atoms with Crippen LogP contribution in [-0.2, 0) is 16.0 Å². The van der Waals surface area contributed by atoms with Gasteiger partial charge in [0, 0.05) is 35.6 Å². The smallest absolute Gasteiger partial charge is 0.251 e. The zero-order chi connectivity index (χ0) is 32.8. The molecule has 0 saturated carbocycles. The fourth-order valence-corrected chi connectivity index (χ4v) is 5.81. The molecule has 0 bridgehead atoms. The molecule has 0 aliphatic carbocycles. The van der Waals surface area contributed by atoms with Gasteiger partial charge in [-0.05, 0) is 54.4 Å². The van der Waals surface area contributed by atoms with Crippen LogP contribution < -0.4 is 21.7 Å². The number of aromatic nitrogens is 3. The van der Waals surface area contributed by atoms with Crippen molar-refractivity contribution in [3.8, 4) is 16.3 Å². The number of hydrogen-bond acceptors (Lipinski definition) is 8. The molecule has 2 aromatic heterocycles. The summed E-state index contributed by atoms with van der Waals surface area (Å²) < 4.78 is 0.961. The number of thiazole rings is 1. The van der Waals surface area contributed by atoms with E-state index in [-0.39, 0.29) is 29.2 Å². The third-order valence-electron chi connectivity index (χ3n) is 7.57. The number of phenols is 1. The maximum Gasteiger partial charge on any atom is 0.251 e. The van der Waals surface area contributed by atoms with Gasteiger partial charge in [0.2, 0.25) is 17.7 Å². The van der Waals surface area contributed by atoms with E-state index in [1.807, 2.05) is 38.1 Å². The molecule has 0 saturated heterocycles. The molecule has 236 valence electrons. The Kier molecular flexibility index (Phi) is 9.72. The summed E-state index contributed by atoms with van der Waals surface area (Å²) in [7, 11) is 0. The summed E-state index contributed by atoms with van der Waals surface area (Å²) in [4.78, 5) is 63.9. The first-order chi connectivity index (χ1) is 22.1. The number of aromatic hydroxyl groups is 1. The molecule has 46 heavy (non-hydrogen) atoms. The summed E-state index contributed by atoms with van der Waals surface area (Å²) >= 11 is 1.42. The van der Waals surface area contributed by atoms with E-state index in [2.05, 4.69) is 30.9 Å². The van der Waals surface area contributed by atoms with Crippen molar-refractivity contribution in [2.45, 2.75) is 38.8 Å². The Morgan fingerprint density at radius 1 is 0.978 bits per heavy atom. The molecular weight excluding hydrogens is 606 g/mol. The fraction of sp³-hybridized carbons (Fsp3) is 0.212. The highest BCUT2D eigenvalue weighted by Gasteiger charge is 2.31. The van der Waals surface area contributed by atoms with Crippen LogP contribution >= 0.6 is 11.3 Å². The fourth-order valence-electron chi connectivity index (χ4n) is 4.82. The van der Waals surface area contributed by atoms with Crippen molar-refractivity contribution in [3.63, 3.8) is 0 Å². The van der Waals surface area contributed by atoms with Crippen molar-refractivity contribution in [2.24, 2.45) is 11.7 Å². The van der Waals surface area contributed by atoms with E-state index in [0.717, 1.165) is 10.2 Å². The second-order valence-corrected chi connectivity index (χ2v) is 11.8. The first-order valence-electron chi connectivity index (χ1n) is 14.6. The number of H-pyrrole nitrogens is 1. The number of phenolic OH excluding ortho intramolecular Hbond substituents is 1. The number of amides is 4. The number of fused-ring (bicyclic) bond motifs is 1. The van der Waals surface area contributed by atoms with Crippen LogP contribution in [0.5, 0.6) is 5.75 Å². The average Bonchev–Trinajstić information content (AvgIpc) is 3.73. The first kappa shape index (κ1) is 31.9. The van der Waals surface area contributed by atoms with E-state index < -0.39 is 35.7 Å². The van der Waals surface area contributed by atoms with Gasteiger partial charge in [-0.15, -0.1) is 11.3 Å². The Hall–Kier alpha value is -5.56. The molecule has 3 atom stereocenters. The molecule has 0 unspecified atom stereocenters. The lowest BCUT2D eigenvalue weighted by Crippen LogP contribution is -2.55. The number of nitrogens with zero attached hydrogens (tertiary/aromatic N) is 2. The number of para-hydroxylation sites is 1. The minimum atomic E-state index is -1.12. The van der Waals surface area contributed by atoms with E-state index in [0.29, 0.717) is 28.5 Å². The summed E-state index contributed by atoms with van der Waals surface area (Å²) in [5.74, 6) is -2.19. The van der Waals surface area contributed by atoms with Crippen LogP contribution in [-0.4, -0.2) is 55.8 Å². The van der Waals surface area contributed by atoms with Gasteiger partial charge in [0.15, 0.2) is 0 Å². The second kappa shape index (κ2) is 14.0. The monoisotopic (exact) mass is 639 g/mol. The summed E-state index contributed by atoms with van der Waals surface area (Å²) in [5.41, 5.74) is 7.32. The number of hydrogen-bond donors (Lipinski definition) is 6. The lowest BCUT2D eigenvalue weighted by molar-refractivity contribution is -0.128. The molecule has 3 aromatic carbocycles. The summed E-state index contributed by atoms with van der Waals surface area (Å²) in [6.07, 6.45) is 3.70. The molecule has 12 nitrogen and oxygen atoms in total. The van der Waals surface area contributed by atoms with Crippen LogP contribution in [0.4, 0.5) is 5.69 Å². The second-order valence-electron chi connectivity index (χ2n) is 10.8. The van der Waals surface area contributed by atoms with Crippen molar-refractivity contribution < 1.29 is 24.3 Å². The Bertz CT molecular complexity index is 1860. The van der Waals surface area contributed by atoms with Crippen LogP contribution in [0, 0.1) is 5.92 Å². The number of anilines is 1. The van der Waals surface area contributed by atoms with E-state index >= 15 is 0 Å². The van der Waals surface area contributed by atoms with E-state index in [1.165, 1.54) is 47.9 Å². The van der Waals surface area contributed by atoms with Crippen molar-refractivity contribution in [1.82, 2.24) is 25.6 Å². The predicted octanol–water partition coefficient (Wildman–Crippen LogP) is 4.00. The molecule has 4 amide bonds.